The maximum Gasteiger partial charge on any atom is 0.237 e. The Bertz CT molecular complexity index is 265. The maximum atomic E-state index is 11.5. The van der Waals surface area contributed by atoms with Crippen molar-refractivity contribution < 1.29 is 14.3 Å². The van der Waals surface area contributed by atoms with Gasteiger partial charge in [0.2, 0.25) is 5.91 Å². The van der Waals surface area contributed by atoms with Gasteiger partial charge < -0.3 is 20.5 Å². The summed E-state index contributed by atoms with van der Waals surface area (Å²) in [5.74, 6) is 0.173. The van der Waals surface area contributed by atoms with Gasteiger partial charge in [-0.25, -0.2) is 0 Å². The van der Waals surface area contributed by atoms with E-state index in [2.05, 4.69) is 5.32 Å². The normalized spacial score (nSPS) is 23.2. The SMILES string of the molecule is CC(C)NC(C)(CCOCC1CCOC1)C(N)=O. The lowest BCUT2D eigenvalue weighted by atomic mass is 9.96. The van der Waals surface area contributed by atoms with Gasteiger partial charge in [0.1, 0.15) is 0 Å². The van der Waals surface area contributed by atoms with Gasteiger partial charge >= 0.3 is 0 Å². The van der Waals surface area contributed by atoms with Gasteiger partial charge in [-0.05, 0) is 33.6 Å². The predicted molar refractivity (Wildman–Crippen MR) is 70.2 cm³/mol. The van der Waals surface area contributed by atoms with Crippen LogP contribution < -0.4 is 11.1 Å². The summed E-state index contributed by atoms with van der Waals surface area (Å²) < 4.78 is 10.9. The zero-order chi connectivity index (χ0) is 13.6. The van der Waals surface area contributed by atoms with Gasteiger partial charge in [0.25, 0.3) is 0 Å². The van der Waals surface area contributed by atoms with Crippen LogP contribution in [-0.2, 0) is 14.3 Å². The third kappa shape index (κ3) is 4.92. The van der Waals surface area contributed by atoms with E-state index in [-0.39, 0.29) is 11.9 Å². The summed E-state index contributed by atoms with van der Waals surface area (Å²) >= 11 is 0. The summed E-state index contributed by atoms with van der Waals surface area (Å²) in [6.07, 6.45) is 1.66. The summed E-state index contributed by atoms with van der Waals surface area (Å²) in [4.78, 5) is 11.5. The van der Waals surface area contributed by atoms with Gasteiger partial charge in [-0.15, -0.1) is 0 Å². The molecule has 0 aromatic heterocycles. The first-order valence-electron chi connectivity index (χ1n) is 6.67. The van der Waals surface area contributed by atoms with Crippen LogP contribution in [0, 0.1) is 5.92 Å². The second kappa shape index (κ2) is 7.07. The molecule has 1 heterocycles. The fourth-order valence-corrected chi connectivity index (χ4v) is 2.14. The number of carbonyl (C=O) groups excluding carboxylic acids is 1. The third-order valence-corrected chi connectivity index (χ3v) is 3.28. The Balaban J connectivity index is 2.26. The summed E-state index contributed by atoms with van der Waals surface area (Å²) in [6, 6.07) is 0.214. The van der Waals surface area contributed by atoms with E-state index in [1.807, 2.05) is 20.8 Å². The van der Waals surface area contributed by atoms with E-state index in [0.29, 0.717) is 25.6 Å². The van der Waals surface area contributed by atoms with Crippen molar-refractivity contribution in [2.75, 3.05) is 26.4 Å². The molecule has 0 radical (unpaired) electrons. The lowest BCUT2D eigenvalue weighted by Crippen LogP contribution is -2.56. The molecule has 2 atom stereocenters. The Morgan fingerprint density at radius 3 is 2.83 bits per heavy atom. The number of ether oxygens (including phenoxy) is 2. The summed E-state index contributed by atoms with van der Waals surface area (Å²) in [5, 5.41) is 3.20. The van der Waals surface area contributed by atoms with Crippen LogP contribution in [0.1, 0.15) is 33.6 Å². The molecule has 0 aliphatic carbocycles. The highest BCUT2D eigenvalue weighted by atomic mass is 16.5. The molecule has 0 saturated carbocycles. The number of nitrogens with two attached hydrogens (primary N) is 1. The van der Waals surface area contributed by atoms with E-state index in [0.717, 1.165) is 19.6 Å². The quantitative estimate of drug-likeness (QED) is 0.628. The highest BCUT2D eigenvalue weighted by molar-refractivity contribution is 5.84. The predicted octanol–water partition coefficient (Wildman–Crippen LogP) is 0.672. The summed E-state index contributed by atoms with van der Waals surface area (Å²) in [5.41, 5.74) is 4.75. The molecule has 0 bridgehead atoms. The number of nitrogens with one attached hydrogen (secondary N) is 1. The van der Waals surface area contributed by atoms with E-state index in [9.17, 15) is 4.79 Å². The Morgan fingerprint density at radius 2 is 2.33 bits per heavy atom. The van der Waals surface area contributed by atoms with Crippen LogP contribution in [0.3, 0.4) is 0 Å². The average Bonchev–Trinajstić information content (AvgIpc) is 2.76. The molecule has 1 amide bonds. The molecule has 106 valence electrons. The van der Waals surface area contributed by atoms with Crippen LogP contribution in [0.15, 0.2) is 0 Å². The fraction of sp³-hybridized carbons (Fsp3) is 0.923. The zero-order valence-corrected chi connectivity index (χ0v) is 11.7. The Kier molecular flexibility index (Phi) is 6.05. The molecular formula is C13H26N2O3. The van der Waals surface area contributed by atoms with Crippen molar-refractivity contribution >= 4 is 5.91 Å². The highest BCUT2D eigenvalue weighted by Gasteiger charge is 2.31. The number of hydrogen-bond acceptors (Lipinski definition) is 4. The van der Waals surface area contributed by atoms with E-state index in [1.165, 1.54) is 0 Å². The first kappa shape index (κ1) is 15.4. The minimum Gasteiger partial charge on any atom is -0.381 e. The van der Waals surface area contributed by atoms with Crippen LogP contribution in [0.5, 0.6) is 0 Å². The number of hydrogen-bond donors (Lipinski definition) is 2. The molecule has 2 unspecified atom stereocenters. The summed E-state index contributed by atoms with van der Waals surface area (Å²) in [7, 11) is 0. The van der Waals surface area contributed by atoms with Crippen LogP contribution in [0.4, 0.5) is 0 Å². The van der Waals surface area contributed by atoms with Crippen molar-refractivity contribution in [3.63, 3.8) is 0 Å². The fourth-order valence-electron chi connectivity index (χ4n) is 2.14. The molecular weight excluding hydrogens is 232 g/mol. The van der Waals surface area contributed by atoms with E-state index >= 15 is 0 Å². The lowest BCUT2D eigenvalue weighted by molar-refractivity contribution is -0.125. The molecule has 1 aliphatic rings. The smallest absolute Gasteiger partial charge is 0.237 e. The third-order valence-electron chi connectivity index (χ3n) is 3.28. The first-order chi connectivity index (χ1) is 8.44. The summed E-state index contributed by atoms with van der Waals surface area (Å²) in [6.45, 7) is 8.69. The van der Waals surface area contributed by atoms with Gasteiger partial charge in [0.05, 0.1) is 18.8 Å². The van der Waals surface area contributed by atoms with Crippen molar-refractivity contribution in [3.8, 4) is 0 Å². The minimum atomic E-state index is -0.694. The van der Waals surface area contributed by atoms with Crippen LogP contribution in [0.25, 0.3) is 0 Å². The Hall–Kier alpha value is -0.650. The first-order valence-corrected chi connectivity index (χ1v) is 6.67. The number of rotatable bonds is 8. The molecule has 0 aromatic carbocycles. The van der Waals surface area contributed by atoms with Crippen molar-refractivity contribution in [1.29, 1.82) is 0 Å². The van der Waals surface area contributed by atoms with Gasteiger partial charge in [-0.1, -0.05) is 0 Å². The second-order valence-electron chi connectivity index (χ2n) is 5.55. The minimum absolute atomic E-state index is 0.214. The monoisotopic (exact) mass is 258 g/mol. The van der Waals surface area contributed by atoms with Gasteiger partial charge in [0.15, 0.2) is 0 Å². The Morgan fingerprint density at radius 1 is 1.61 bits per heavy atom. The maximum absolute atomic E-state index is 11.5. The lowest BCUT2D eigenvalue weighted by Gasteiger charge is -2.29. The van der Waals surface area contributed by atoms with Gasteiger partial charge in [0, 0.05) is 25.2 Å². The zero-order valence-electron chi connectivity index (χ0n) is 11.7. The molecule has 1 saturated heterocycles. The van der Waals surface area contributed by atoms with Crippen molar-refractivity contribution in [2.45, 2.75) is 45.2 Å². The van der Waals surface area contributed by atoms with Crippen molar-refractivity contribution in [2.24, 2.45) is 11.7 Å². The molecule has 3 N–H and O–H groups in total. The van der Waals surface area contributed by atoms with Gasteiger partial charge in [-0.2, -0.15) is 0 Å². The Labute approximate surface area is 109 Å². The molecule has 0 aromatic rings. The standard InChI is InChI=1S/C13H26N2O3/c1-10(2)15-13(3,12(14)16)5-7-18-9-11-4-6-17-8-11/h10-11,15H,4-9H2,1-3H3,(H2,14,16). The molecule has 5 heteroatoms. The van der Waals surface area contributed by atoms with Crippen LogP contribution >= 0.6 is 0 Å². The second-order valence-corrected chi connectivity index (χ2v) is 5.55. The van der Waals surface area contributed by atoms with Gasteiger partial charge in [-0.3, -0.25) is 4.79 Å². The largest absolute Gasteiger partial charge is 0.381 e. The number of amides is 1. The van der Waals surface area contributed by atoms with Crippen molar-refractivity contribution in [1.82, 2.24) is 5.32 Å². The van der Waals surface area contributed by atoms with Crippen LogP contribution in [-0.4, -0.2) is 43.9 Å². The highest BCUT2D eigenvalue weighted by Crippen LogP contribution is 2.14. The molecule has 1 aliphatic heterocycles. The van der Waals surface area contributed by atoms with Crippen molar-refractivity contribution in [3.05, 3.63) is 0 Å². The molecule has 5 nitrogen and oxygen atoms in total. The average molecular weight is 258 g/mol. The molecule has 1 fully saturated rings. The number of primary amides is 1. The van der Waals surface area contributed by atoms with E-state index in [1.54, 1.807) is 0 Å². The molecule has 18 heavy (non-hydrogen) atoms. The molecule has 0 spiro atoms. The topological polar surface area (TPSA) is 73.6 Å². The van der Waals surface area contributed by atoms with E-state index in [4.69, 9.17) is 15.2 Å². The number of carbonyl (C=O) groups is 1. The van der Waals surface area contributed by atoms with Crippen LogP contribution in [0.2, 0.25) is 0 Å². The molecule has 1 rings (SSSR count). The van der Waals surface area contributed by atoms with E-state index < -0.39 is 5.54 Å².